The lowest BCUT2D eigenvalue weighted by Crippen LogP contribution is -2.36. The summed E-state index contributed by atoms with van der Waals surface area (Å²) in [6.07, 6.45) is 2.90. The molecule has 0 bridgehead atoms. The molecule has 0 unspecified atom stereocenters. The summed E-state index contributed by atoms with van der Waals surface area (Å²) in [5.74, 6) is -0.299. The van der Waals surface area contributed by atoms with E-state index in [1.165, 1.54) is 13.2 Å². The van der Waals surface area contributed by atoms with E-state index in [0.29, 0.717) is 6.54 Å². The van der Waals surface area contributed by atoms with Gasteiger partial charge in [-0.3, -0.25) is 19.1 Å². The Balaban J connectivity index is 1.68. The summed E-state index contributed by atoms with van der Waals surface area (Å²) in [7, 11) is 1.36. The Morgan fingerprint density at radius 3 is 2.92 bits per heavy atom. The molecule has 3 rings (SSSR count). The Hall–Kier alpha value is -3.22. The maximum Gasteiger partial charge on any atom is 0.328 e. The third kappa shape index (κ3) is 3.24. The summed E-state index contributed by atoms with van der Waals surface area (Å²) in [5, 5.41) is 3.75. The second kappa shape index (κ2) is 6.49. The second-order valence-corrected chi connectivity index (χ2v) is 5.47. The summed E-state index contributed by atoms with van der Waals surface area (Å²) in [6.45, 7) is 0.320. The van der Waals surface area contributed by atoms with Crippen molar-refractivity contribution in [2.45, 2.75) is 13.0 Å². The van der Waals surface area contributed by atoms with Crippen molar-refractivity contribution in [3.63, 3.8) is 0 Å². The van der Waals surface area contributed by atoms with Gasteiger partial charge in [0.1, 0.15) is 0 Å². The first-order chi connectivity index (χ1) is 11.5. The number of fused-ring (bicyclic) bond motifs is 1. The van der Waals surface area contributed by atoms with Crippen molar-refractivity contribution >= 4 is 16.8 Å². The minimum atomic E-state index is -0.508. The van der Waals surface area contributed by atoms with Crippen molar-refractivity contribution in [3.05, 3.63) is 74.7 Å². The summed E-state index contributed by atoms with van der Waals surface area (Å²) < 4.78 is 0.940. The number of hydrogen-bond acceptors (Lipinski definition) is 4. The van der Waals surface area contributed by atoms with Gasteiger partial charge in [-0.15, -0.1) is 0 Å². The van der Waals surface area contributed by atoms with Crippen molar-refractivity contribution < 1.29 is 4.79 Å². The Labute approximate surface area is 137 Å². The fraction of sp³-hybridized carbons (Fsp3) is 0.176. The minimum absolute atomic E-state index is 0.0928. The van der Waals surface area contributed by atoms with Gasteiger partial charge < -0.3 is 10.3 Å². The SMILES string of the molecule is Cn1c(=O)[nH]cc(CC(=O)NCc2cnc3ccccc3c2)c1=O. The Kier molecular flexibility index (Phi) is 4.24. The molecule has 0 saturated carbocycles. The molecule has 0 aliphatic rings. The van der Waals surface area contributed by atoms with Gasteiger partial charge in [-0.05, 0) is 17.7 Å². The molecule has 1 aromatic carbocycles. The minimum Gasteiger partial charge on any atom is -0.352 e. The van der Waals surface area contributed by atoms with Crippen LogP contribution < -0.4 is 16.6 Å². The van der Waals surface area contributed by atoms with Gasteiger partial charge in [-0.1, -0.05) is 18.2 Å². The number of para-hydroxylation sites is 1. The van der Waals surface area contributed by atoms with Gasteiger partial charge in [-0.2, -0.15) is 0 Å². The highest BCUT2D eigenvalue weighted by atomic mass is 16.2. The Bertz CT molecular complexity index is 1020. The van der Waals surface area contributed by atoms with E-state index in [9.17, 15) is 14.4 Å². The summed E-state index contributed by atoms with van der Waals surface area (Å²) >= 11 is 0. The lowest BCUT2D eigenvalue weighted by atomic mass is 10.1. The molecule has 7 nitrogen and oxygen atoms in total. The molecule has 1 amide bonds. The zero-order chi connectivity index (χ0) is 17.1. The number of H-pyrrole nitrogens is 1. The van der Waals surface area contributed by atoms with Gasteiger partial charge in [0.05, 0.1) is 11.9 Å². The molecule has 0 saturated heterocycles. The van der Waals surface area contributed by atoms with E-state index in [4.69, 9.17) is 0 Å². The molecule has 2 N–H and O–H groups in total. The van der Waals surface area contributed by atoms with Gasteiger partial charge in [-0.25, -0.2) is 4.79 Å². The highest BCUT2D eigenvalue weighted by molar-refractivity contribution is 5.80. The van der Waals surface area contributed by atoms with E-state index in [0.717, 1.165) is 21.0 Å². The lowest BCUT2D eigenvalue weighted by Gasteiger charge is -2.06. The third-order valence-corrected chi connectivity index (χ3v) is 3.74. The summed E-state index contributed by atoms with van der Waals surface area (Å²) in [4.78, 5) is 42.0. The van der Waals surface area contributed by atoms with E-state index in [2.05, 4.69) is 15.3 Å². The van der Waals surface area contributed by atoms with E-state index in [1.807, 2.05) is 30.3 Å². The zero-order valence-electron chi connectivity index (χ0n) is 13.1. The van der Waals surface area contributed by atoms with Crippen LogP contribution in [0.2, 0.25) is 0 Å². The molecule has 24 heavy (non-hydrogen) atoms. The van der Waals surface area contributed by atoms with E-state index in [1.54, 1.807) is 6.20 Å². The molecule has 0 spiro atoms. The standard InChI is InChI=1S/C17H16N4O3/c1-21-16(23)13(10-20-17(21)24)7-15(22)19-9-11-6-12-4-2-3-5-14(12)18-8-11/h2-6,8,10H,7,9H2,1H3,(H,19,22)(H,20,24). The van der Waals surface area contributed by atoms with Crippen LogP contribution in [-0.2, 0) is 24.8 Å². The smallest absolute Gasteiger partial charge is 0.328 e. The van der Waals surface area contributed by atoms with E-state index < -0.39 is 11.2 Å². The predicted molar refractivity (Wildman–Crippen MR) is 89.6 cm³/mol. The van der Waals surface area contributed by atoms with Crippen LogP contribution in [0.25, 0.3) is 10.9 Å². The van der Waals surface area contributed by atoms with Gasteiger partial charge in [0.25, 0.3) is 5.56 Å². The van der Waals surface area contributed by atoms with Crippen LogP contribution in [0.5, 0.6) is 0 Å². The maximum atomic E-state index is 12.0. The third-order valence-electron chi connectivity index (χ3n) is 3.74. The number of nitrogens with zero attached hydrogens (tertiary/aromatic N) is 2. The first-order valence-electron chi connectivity index (χ1n) is 7.42. The molecule has 2 aromatic heterocycles. The van der Waals surface area contributed by atoms with E-state index >= 15 is 0 Å². The predicted octanol–water partition coefficient (Wildman–Crippen LogP) is 0.481. The number of pyridine rings is 1. The molecule has 0 atom stereocenters. The topological polar surface area (TPSA) is 96.8 Å². The Morgan fingerprint density at radius 1 is 1.29 bits per heavy atom. The molecule has 0 radical (unpaired) electrons. The molecule has 0 fully saturated rings. The highest BCUT2D eigenvalue weighted by Crippen LogP contribution is 2.12. The van der Waals surface area contributed by atoms with Crippen LogP contribution in [0, 0.1) is 0 Å². The Morgan fingerprint density at radius 2 is 2.08 bits per heavy atom. The first kappa shape index (κ1) is 15.7. The highest BCUT2D eigenvalue weighted by Gasteiger charge is 2.09. The average Bonchev–Trinajstić information content (AvgIpc) is 2.60. The molecule has 0 aliphatic heterocycles. The van der Waals surface area contributed by atoms with Crippen LogP contribution in [0.3, 0.4) is 0 Å². The fourth-order valence-corrected chi connectivity index (χ4v) is 2.39. The number of hydrogen-bond donors (Lipinski definition) is 2. The van der Waals surface area contributed by atoms with Crippen molar-refractivity contribution in [2.24, 2.45) is 7.05 Å². The van der Waals surface area contributed by atoms with Gasteiger partial charge >= 0.3 is 5.69 Å². The average molecular weight is 324 g/mol. The number of nitrogens with one attached hydrogen (secondary N) is 2. The molecular weight excluding hydrogens is 308 g/mol. The number of aromatic amines is 1. The van der Waals surface area contributed by atoms with Crippen LogP contribution >= 0.6 is 0 Å². The van der Waals surface area contributed by atoms with Crippen LogP contribution in [0.1, 0.15) is 11.1 Å². The van der Waals surface area contributed by atoms with Crippen molar-refractivity contribution in [1.29, 1.82) is 0 Å². The van der Waals surface area contributed by atoms with Gasteiger partial charge in [0, 0.05) is 36.9 Å². The molecule has 122 valence electrons. The zero-order valence-corrected chi connectivity index (χ0v) is 13.1. The van der Waals surface area contributed by atoms with Crippen molar-refractivity contribution in [3.8, 4) is 0 Å². The monoisotopic (exact) mass is 324 g/mol. The first-order valence-corrected chi connectivity index (χ1v) is 7.42. The normalized spacial score (nSPS) is 10.7. The largest absolute Gasteiger partial charge is 0.352 e. The van der Waals surface area contributed by atoms with Crippen molar-refractivity contribution in [2.75, 3.05) is 0 Å². The lowest BCUT2D eigenvalue weighted by molar-refractivity contribution is -0.120. The fourth-order valence-electron chi connectivity index (χ4n) is 2.39. The van der Waals surface area contributed by atoms with Crippen molar-refractivity contribution in [1.82, 2.24) is 19.9 Å². The molecule has 0 aliphatic carbocycles. The number of aromatic nitrogens is 3. The molecular formula is C17H16N4O3. The van der Waals surface area contributed by atoms with Crippen LogP contribution in [0.15, 0.2) is 52.3 Å². The summed E-state index contributed by atoms with van der Waals surface area (Å²) in [6, 6.07) is 9.68. The quantitative estimate of drug-likeness (QED) is 0.729. The molecule has 7 heteroatoms. The number of carbonyl (C=O) groups is 1. The van der Waals surface area contributed by atoms with Crippen LogP contribution in [-0.4, -0.2) is 20.4 Å². The summed E-state index contributed by atoms with van der Waals surface area (Å²) in [5.41, 5.74) is 1.03. The second-order valence-electron chi connectivity index (χ2n) is 5.47. The molecule has 2 heterocycles. The van der Waals surface area contributed by atoms with Gasteiger partial charge in [0.15, 0.2) is 0 Å². The number of carbonyl (C=O) groups excluding carboxylic acids is 1. The number of benzene rings is 1. The van der Waals surface area contributed by atoms with Crippen LogP contribution in [0.4, 0.5) is 0 Å². The number of rotatable bonds is 4. The molecule has 3 aromatic rings. The maximum absolute atomic E-state index is 12.0. The van der Waals surface area contributed by atoms with Gasteiger partial charge in [0.2, 0.25) is 5.91 Å². The van der Waals surface area contributed by atoms with E-state index in [-0.39, 0.29) is 17.9 Å². The number of amides is 1.